The summed E-state index contributed by atoms with van der Waals surface area (Å²) in [6.45, 7) is 0. The van der Waals surface area contributed by atoms with Crippen molar-refractivity contribution in [1.82, 2.24) is 5.32 Å². The number of nitrogens with one attached hydrogen (secondary N) is 1. The fourth-order valence-electron chi connectivity index (χ4n) is 4.56. The quantitative estimate of drug-likeness (QED) is 0.711. The van der Waals surface area contributed by atoms with Crippen molar-refractivity contribution in [3.8, 4) is 0 Å². The Morgan fingerprint density at radius 3 is 2.00 bits per heavy atom. The van der Waals surface area contributed by atoms with Crippen molar-refractivity contribution < 1.29 is 9.59 Å². The summed E-state index contributed by atoms with van der Waals surface area (Å²) in [7, 11) is 0. The van der Waals surface area contributed by atoms with Crippen LogP contribution in [0.4, 0.5) is 0 Å². The second-order valence-corrected chi connectivity index (χ2v) is 6.17. The Balaban J connectivity index is 1.64. The molecule has 0 atom stereocenters. The van der Waals surface area contributed by atoms with Crippen LogP contribution < -0.4 is 11.1 Å². The number of nitrogens with two attached hydrogens (primary N) is 1. The molecule has 0 heterocycles. The van der Waals surface area contributed by atoms with Crippen molar-refractivity contribution in [3.05, 3.63) is 0 Å². The average molecular weight is 236 g/mol. The van der Waals surface area contributed by atoms with E-state index in [1.807, 2.05) is 0 Å². The van der Waals surface area contributed by atoms with E-state index in [1.54, 1.807) is 0 Å². The van der Waals surface area contributed by atoms with Crippen LogP contribution in [0.3, 0.4) is 0 Å². The van der Waals surface area contributed by atoms with Gasteiger partial charge in [-0.1, -0.05) is 0 Å². The van der Waals surface area contributed by atoms with Crippen LogP contribution in [0, 0.1) is 23.7 Å². The summed E-state index contributed by atoms with van der Waals surface area (Å²) in [6.07, 6.45) is 6.34. The van der Waals surface area contributed by atoms with E-state index in [9.17, 15) is 9.59 Å². The van der Waals surface area contributed by atoms with E-state index in [2.05, 4.69) is 5.32 Å². The molecule has 0 aromatic carbocycles. The van der Waals surface area contributed by atoms with Crippen molar-refractivity contribution in [1.29, 1.82) is 0 Å². The zero-order valence-electron chi connectivity index (χ0n) is 10.0. The summed E-state index contributed by atoms with van der Waals surface area (Å²) in [4.78, 5) is 22.4. The first-order valence-corrected chi connectivity index (χ1v) is 6.69. The Morgan fingerprint density at radius 2 is 1.53 bits per heavy atom. The summed E-state index contributed by atoms with van der Waals surface area (Å²) in [5.74, 6) is 2.40. The summed E-state index contributed by atoms with van der Waals surface area (Å²) >= 11 is 0. The molecule has 4 fully saturated rings. The summed E-state index contributed by atoms with van der Waals surface area (Å²) < 4.78 is 0. The van der Waals surface area contributed by atoms with Crippen molar-refractivity contribution >= 4 is 11.8 Å². The number of rotatable bonds is 3. The van der Waals surface area contributed by atoms with Gasteiger partial charge in [0.25, 0.3) is 0 Å². The molecule has 4 rings (SSSR count). The number of carbonyl (C=O) groups is 2. The first kappa shape index (κ1) is 11.1. The molecule has 0 aliphatic heterocycles. The number of carbonyl (C=O) groups excluding carboxylic acids is 2. The molecule has 0 aromatic rings. The van der Waals surface area contributed by atoms with E-state index in [0.717, 1.165) is 11.8 Å². The number of hydrogen-bond acceptors (Lipinski definition) is 2. The molecule has 4 bridgehead atoms. The lowest BCUT2D eigenvalue weighted by Crippen LogP contribution is -2.56. The lowest BCUT2D eigenvalue weighted by Gasteiger charge is -2.54. The van der Waals surface area contributed by atoms with Gasteiger partial charge in [0.05, 0.1) is 0 Å². The Labute approximate surface area is 101 Å². The lowest BCUT2D eigenvalue weighted by atomic mass is 9.54. The van der Waals surface area contributed by atoms with E-state index in [0.29, 0.717) is 17.9 Å². The molecule has 0 radical (unpaired) electrons. The third-order valence-electron chi connectivity index (χ3n) is 4.89. The van der Waals surface area contributed by atoms with E-state index < -0.39 is 5.91 Å². The highest BCUT2D eigenvalue weighted by molar-refractivity contribution is 5.96. The second kappa shape index (κ2) is 4.00. The van der Waals surface area contributed by atoms with E-state index in [-0.39, 0.29) is 12.3 Å². The first-order chi connectivity index (χ1) is 8.11. The molecule has 0 aromatic heterocycles. The van der Waals surface area contributed by atoms with Gasteiger partial charge in [0.2, 0.25) is 11.8 Å². The second-order valence-electron chi connectivity index (χ2n) is 6.17. The van der Waals surface area contributed by atoms with Gasteiger partial charge in [-0.3, -0.25) is 9.59 Å². The zero-order chi connectivity index (χ0) is 12.0. The molecule has 17 heavy (non-hydrogen) atoms. The van der Waals surface area contributed by atoms with Crippen LogP contribution in [0.1, 0.15) is 38.5 Å². The zero-order valence-corrected chi connectivity index (χ0v) is 10.0. The van der Waals surface area contributed by atoms with Crippen LogP contribution in [-0.4, -0.2) is 17.9 Å². The van der Waals surface area contributed by atoms with Crippen LogP contribution in [0.15, 0.2) is 0 Å². The summed E-state index contributed by atoms with van der Waals surface area (Å²) in [6, 6.07) is 0.314. The Hall–Kier alpha value is -1.06. The fraction of sp³-hybridized carbons (Fsp3) is 0.846. The molecule has 4 heteroatoms. The third kappa shape index (κ3) is 2.05. The maximum Gasteiger partial charge on any atom is 0.229 e. The van der Waals surface area contributed by atoms with E-state index in [1.165, 1.54) is 32.1 Å². The van der Waals surface area contributed by atoms with Crippen LogP contribution in [0.25, 0.3) is 0 Å². The van der Waals surface area contributed by atoms with E-state index >= 15 is 0 Å². The highest BCUT2D eigenvalue weighted by Crippen LogP contribution is 2.53. The molecule has 4 aliphatic rings. The number of amides is 2. The molecule has 0 unspecified atom stereocenters. The third-order valence-corrected chi connectivity index (χ3v) is 4.89. The van der Waals surface area contributed by atoms with Crippen molar-refractivity contribution in [2.24, 2.45) is 29.4 Å². The minimum absolute atomic E-state index is 0.164. The number of primary amides is 1. The van der Waals surface area contributed by atoms with Gasteiger partial charge in [0, 0.05) is 6.04 Å². The smallest absolute Gasteiger partial charge is 0.229 e. The number of hydrogen-bond donors (Lipinski definition) is 2. The average Bonchev–Trinajstić information content (AvgIpc) is 2.21. The topological polar surface area (TPSA) is 72.2 Å². The van der Waals surface area contributed by atoms with E-state index in [4.69, 9.17) is 5.73 Å². The minimum atomic E-state index is -0.536. The Morgan fingerprint density at radius 1 is 1.00 bits per heavy atom. The Bertz CT molecular complexity index is 325. The van der Waals surface area contributed by atoms with Gasteiger partial charge in [-0.2, -0.15) is 0 Å². The molecule has 2 amide bonds. The molecule has 4 nitrogen and oxygen atoms in total. The molecule has 4 saturated carbocycles. The minimum Gasteiger partial charge on any atom is -0.369 e. The normalized spacial score (nSPS) is 42.5. The summed E-state index contributed by atoms with van der Waals surface area (Å²) in [5.41, 5.74) is 5.04. The highest BCUT2D eigenvalue weighted by atomic mass is 16.2. The summed E-state index contributed by atoms with van der Waals surface area (Å²) in [5, 5.41) is 3.05. The van der Waals surface area contributed by atoms with Gasteiger partial charge >= 0.3 is 0 Å². The molecular formula is C13H20N2O2. The Kier molecular flexibility index (Phi) is 2.60. The van der Waals surface area contributed by atoms with Gasteiger partial charge in [-0.15, -0.1) is 0 Å². The van der Waals surface area contributed by atoms with Gasteiger partial charge in [-0.25, -0.2) is 0 Å². The molecular weight excluding hydrogens is 216 g/mol. The largest absolute Gasteiger partial charge is 0.369 e. The van der Waals surface area contributed by atoms with Crippen molar-refractivity contribution in [3.63, 3.8) is 0 Å². The molecule has 94 valence electrons. The van der Waals surface area contributed by atoms with Crippen LogP contribution in [0.5, 0.6) is 0 Å². The highest BCUT2D eigenvalue weighted by Gasteiger charge is 2.48. The predicted octanol–water partition coefficient (Wildman–Crippen LogP) is 0.803. The van der Waals surface area contributed by atoms with Crippen LogP contribution >= 0.6 is 0 Å². The standard InChI is InChI=1S/C13H20N2O2/c14-11(16)6-12(17)15-13-9-2-7-1-8(4-9)5-10(13)3-7/h7-10,13H,1-6H2,(H2,14,16)(H,15,17). The molecule has 3 N–H and O–H groups in total. The van der Waals surface area contributed by atoms with Crippen LogP contribution in [-0.2, 0) is 9.59 Å². The van der Waals surface area contributed by atoms with Crippen molar-refractivity contribution in [2.75, 3.05) is 0 Å². The van der Waals surface area contributed by atoms with Gasteiger partial charge in [-0.05, 0) is 55.8 Å². The lowest BCUT2D eigenvalue weighted by molar-refractivity contribution is -0.130. The van der Waals surface area contributed by atoms with Gasteiger partial charge < -0.3 is 11.1 Å². The molecule has 0 saturated heterocycles. The fourth-order valence-corrected chi connectivity index (χ4v) is 4.56. The van der Waals surface area contributed by atoms with Crippen molar-refractivity contribution in [2.45, 2.75) is 44.6 Å². The van der Waals surface area contributed by atoms with Gasteiger partial charge in [0.15, 0.2) is 0 Å². The maximum absolute atomic E-state index is 11.6. The first-order valence-electron chi connectivity index (χ1n) is 6.69. The van der Waals surface area contributed by atoms with Crippen LogP contribution in [0.2, 0.25) is 0 Å². The molecule has 0 spiro atoms. The molecule has 4 aliphatic carbocycles. The van der Waals surface area contributed by atoms with Gasteiger partial charge in [0.1, 0.15) is 6.42 Å². The monoisotopic (exact) mass is 236 g/mol. The predicted molar refractivity (Wildman–Crippen MR) is 62.8 cm³/mol. The maximum atomic E-state index is 11.6. The SMILES string of the molecule is NC(=O)CC(=O)NC1C2CC3CC(C2)CC1C3.